The number of amides is 2. The third kappa shape index (κ3) is 5.51. The Morgan fingerprint density at radius 2 is 1.48 bits per heavy atom. The second-order valence-electron chi connectivity index (χ2n) is 6.68. The normalized spacial score (nSPS) is 10.4. The lowest BCUT2D eigenvalue weighted by Crippen LogP contribution is -2.30. The van der Waals surface area contributed by atoms with Gasteiger partial charge in [-0.25, -0.2) is 4.39 Å². The zero-order valence-corrected chi connectivity index (χ0v) is 16.3. The van der Waals surface area contributed by atoms with Crippen molar-refractivity contribution >= 4 is 17.5 Å². The molecule has 0 atom stereocenters. The molecule has 0 unspecified atom stereocenters. The van der Waals surface area contributed by atoms with Crippen molar-refractivity contribution in [1.82, 2.24) is 5.32 Å². The molecule has 3 rings (SSSR count). The molecule has 0 bridgehead atoms. The van der Waals surface area contributed by atoms with Gasteiger partial charge in [0.15, 0.2) is 0 Å². The maximum atomic E-state index is 13.3. The van der Waals surface area contributed by atoms with Gasteiger partial charge in [-0.2, -0.15) is 0 Å². The van der Waals surface area contributed by atoms with Gasteiger partial charge >= 0.3 is 0 Å². The first-order valence-electron chi connectivity index (χ1n) is 9.54. The van der Waals surface area contributed by atoms with Crippen molar-refractivity contribution in [2.75, 3.05) is 11.4 Å². The molecule has 2 amide bonds. The van der Waals surface area contributed by atoms with Gasteiger partial charge in [0.25, 0.3) is 5.91 Å². The molecule has 3 aromatic rings. The van der Waals surface area contributed by atoms with Gasteiger partial charge in [-0.15, -0.1) is 0 Å². The minimum absolute atomic E-state index is 0.0382. The standard InChI is InChI=1S/C24H23FN2O2/c1-2-26-23(28)16-18-10-14-22(15-11-18)27(17-19-8-12-21(25)13-9-19)24(29)20-6-4-3-5-7-20/h3-15H,2,16-17H2,1H3,(H,26,28). The summed E-state index contributed by atoms with van der Waals surface area (Å²) in [5, 5.41) is 2.77. The highest BCUT2D eigenvalue weighted by atomic mass is 19.1. The highest BCUT2D eigenvalue weighted by Gasteiger charge is 2.18. The minimum Gasteiger partial charge on any atom is -0.356 e. The summed E-state index contributed by atoms with van der Waals surface area (Å²) in [4.78, 5) is 26.6. The molecule has 0 spiro atoms. The monoisotopic (exact) mass is 390 g/mol. The lowest BCUT2D eigenvalue weighted by molar-refractivity contribution is -0.120. The van der Waals surface area contributed by atoms with E-state index in [1.807, 2.05) is 49.4 Å². The van der Waals surface area contributed by atoms with Crippen LogP contribution in [-0.4, -0.2) is 18.4 Å². The summed E-state index contributed by atoms with van der Waals surface area (Å²) in [6.07, 6.45) is 0.290. The van der Waals surface area contributed by atoms with E-state index in [-0.39, 0.29) is 17.6 Å². The molecule has 0 fully saturated rings. The van der Waals surface area contributed by atoms with Crippen molar-refractivity contribution in [3.63, 3.8) is 0 Å². The van der Waals surface area contributed by atoms with Crippen molar-refractivity contribution in [2.45, 2.75) is 19.9 Å². The molecule has 0 radical (unpaired) electrons. The van der Waals surface area contributed by atoms with Crippen LogP contribution in [0.5, 0.6) is 0 Å². The average Bonchev–Trinajstić information content (AvgIpc) is 2.74. The van der Waals surface area contributed by atoms with Gasteiger partial charge in [-0.05, 0) is 54.4 Å². The van der Waals surface area contributed by atoms with Gasteiger partial charge < -0.3 is 10.2 Å². The number of rotatable bonds is 7. The third-order valence-corrected chi connectivity index (χ3v) is 4.51. The van der Waals surface area contributed by atoms with Crippen molar-refractivity contribution in [2.24, 2.45) is 0 Å². The van der Waals surface area contributed by atoms with Crippen molar-refractivity contribution in [1.29, 1.82) is 0 Å². The van der Waals surface area contributed by atoms with E-state index in [2.05, 4.69) is 5.32 Å². The van der Waals surface area contributed by atoms with Gasteiger partial charge in [0.05, 0.1) is 13.0 Å². The fourth-order valence-corrected chi connectivity index (χ4v) is 3.03. The quantitative estimate of drug-likeness (QED) is 0.652. The Balaban J connectivity index is 1.86. The van der Waals surface area contributed by atoms with Crippen LogP contribution in [0.25, 0.3) is 0 Å². The van der Waals surface area contributed by atoms with Crippen LogP contribution < -0.4 is 10.2 Å². The minimum atomic E-state index is -0.315. The molecule has 1 N–H and O–H groups in total. The molecule has 0 aliphatic carbocycles. The van der Waals surface area contributed by atoms with Crippen LogP contribution in [0.2, 0.25) is 0 Å². The van der Waals surface area contributed by atoms with Gasteiger partial charge in [0.1, 0.15) is 5.82 Å². The van der Waals surface area contributed by atoms with Crippen LogP contribution in [-0.2, 0) is 17.8 Å². The number of halogens is 1. The van der Waals surface area contributed by atoms with Gasteiger partial charge in [0.2, 0.25) is 5.91 Å². The van der Waals surface area contributed by atoms with Gasteiger partial charge in [0, 0.05) is 17.8 Å². The Hall–Kier alpha value is -3.47. The first kappa shape index (κ1) is 20.3. The fraction of sp³-hybridized carbons (Fsp3) is 0.167. The average molecular weight is 390 g/mol. The summed E-state index contributed by atoms with van der Waals surface area (Å²) in [5.41, 5.74) is 2.97. The topological polar surface area (TPSA) is 49.4 Å². The predicted octanol–water partition coefficient (Wildman–Crippen LogP) is 4.35. The molecule has 148 valence electrons. The van der Waals surface area contributed by atoms with Crippen LogP contribution in [0.1, 0.15) is 28.4 Å². The summed E-state index contributed by atoms with van der Waals surface area (Å²) in [6, 6.07) is 22.5. The number of anilines is 1. The summed E-state index contributed by atoms with van der Waals surface area (Å²) >= 11 is 0. The fourth-order valence-electron chi connectivity index (χ4n) is 3.03. The maximum absolute atomic E-state index is 13.3. The molecule has 0 aliphatic heterocycles. The molecule has 0 heterocycles. The zero-order chi connectivity index (χ0) is 20.6. The zero-order valence-electron chi connectivity index (χ0n) is 16.3. The highest BCUT2D eigenvalue weighted by molar-refractivity contribution is 6.06. The van der Waals surface area contributed by atoms with Crippen molar-refractivity contribution < 1.29 is 14.0 Å². The summed E-state index contributed by atoms with van der Waals surface area (Å²) in [6.45, 7) is 2.78. The van der Waals surface area contributed by atoms with Crippen LogP contribution in [0.4, 0.5) is 10.1 Å². The number of carbonyl (C=O) groups is 2. The summed E-state index contributed by atoms with van der Waals surface area (Å²) in [7, 11) is 0. The Bertz CT molecular complexity index is 954. The SMILES string of the molecule is CCNC(=O)Cc1ccc(N(Cc2ccc(F)cc2)C(=O)c2ccccc2)cc1. The third-order valence-electron chi connectivity index (χ3n) is 4.51. The van der Waals surface area contributed by atoms with Crippen molar-refractivity contribution in [3.8, 4) is 0 Å². The number of nitrogens with zero attached hydrogens (tertiary/aromatic N) is 1. The molecule has 4 nitrogen and oxygen atoms in total. The van der Waals surface area contributed by atoms with Crippen molar-refractivity contribution in [3.05, 3.63) is 101 Å². The van der Waals surface area contributed by atoms with E-state index in [0.29, 0.717) is 30.8 Å². The molecule has 29 heavy (non-hydrogen) atoms. The highest BCUT2D eigenvalue weighted by Crippen LogP contribution is 2.21. The molecule has 0 aliphatic rings. The number of hydrogen-bond donors (Lipinski definition) is 1. The van der Waals surface area contributed by atoms with Crippen LogP contribution in [0.15, 0.2) is 78.9 Å². The smallest absolute Gasteiger partial charge is 0.258 e. The van der Waals surface area contributed by atoms with E-state index in [1.165, 1.54) is 12.1 Å². The predicted molar refractivity (Wildman–Crippen MR) is 112 cm³/mol. The number of carbonyl (C=O) groups excluding carboxylic acids is 2. The molecule has 0 saturated carbocycles. The van der Waals surface area contributed by atoms with E-state index in [9.17, 15) is 14.0 Å². The lowest BCUT2D eigenvalue weighted by Gasteiger charge is -2.23. The lowest BCUT2D eigenvalue weighted by atomic mass is 10.1. The number of likely N-dealkylation sites (N-methyl/N-ethyl adjacent to an activating group) is 1. The molecule has 0 saturated heterocycles. The molecule has 5 heteroatoms. The van der Waals surface area contributed by atoms with E-state index in [4.69, 9.17) is 0 Å². The number of hydrogen-bond acceptors (Lipinski definition) is 2. The Labute approximate surface area is 170 Å². The summed E-state index contributed by atoms with van der Waals surface area (Å²) in [5.74, 6) is -0.500. The van der Waals surface area contributed by atoms with Gasteiger partial charge in [-0.3, -0.25) is 9.59 Å². The Morgan fingerprint density at radius 3 is 2.10 bits per heavy atom. The number of benzene rings is 3. The van der Waals surface area contributed by atoms with Gasteiger partial charge in [-0.1, -0.05) is 42.5 Å². The second kappa shape index (κ2) is 9.64. The van der Waals surface area contributed by atoms with E-state index >= 15 is 0 Å². The van der Waals surface area contributed by atoms with Crippen LogP contribution >= 0.6 is 0 Å². The Kier molecular flexibility index (Phi) is 6.74. The maximum Gasteiger partial charge on any atom is 0.258 e. The van der Waals surface area contributed by atoms with E-state index in [1.54, 1.807) is 29.2 Å². The largest absolute Gasteiger partial charge is 0.356 e. The molecular formula is C24H23FN2O2. The second-order valence-corrected chi connectivity index (χ2v) is 6.68. The Morgan fingerprint density at radius 1 is 0.862 bits per heavy atom. The first-order valence-corrected chi connectivity index (χ1v) is 9.54. The molecular weight excluding hydrogens is 367 g/mol. The van der Waals surface area contributed by atoms with E-state index in [0.717, 1.165) is 11.1 Å². The molecule has 3 aromatic carbocycles. The van der Waals surface area contributed by atoms with E-state index < -0.39 is 0 Å². The number of nitrogens with one attached hydrogen (secondary N) is 1. The summed E-state index contributed by atoms with van der Waals surface area (Å²) < 4.78 is 13.3. The first-order chi connectivity index (χ1) is 14.1. The van der Waals surface area contributed by atoms with Crippen LogP contribution in [0, 0.1) is 5.82 Å². The van der Waals surface area contributed by atoms with Crippen LogP contribution in [0.3, 0.4) is 0 Å². The molecule has 0 aromatic heterocycles.